The molecule has 2 nitrogen and oxygen atoms in total. The maximum Gasteiger partial charge on any atom is 0.126 e. The Morgan fingerprint density at radius 3 is 2.61 bits per heavy atom. The molecule has 0 unspecified atom stereocenters. The molecule has 0 saturated heterocycles. The number of rotatable bonds is 7. The van der Waals surface area contributed by atoms with E-state index in [2.05, 4.69) is 45.1 Å². The van der Waals surface area contributed by atoms with Crippen molar-refractivity contribution in [2.75, 3.05) is 13.7 Å². The van der Waals surface area contributed by atoms with Crippen molar-refractivity contribution in [2.45, 2.75) is 33.6 Å². The van der Waals surface area contributed by atoms with Gasteiger partial charge in [0.1, 0.15) is 18.1 Å². The van der Waals surface area contributed by atoms with E-state index in [1.165, 1.54) is 11.1 Å². The minimum Gasteiger partial charge on any atom is -0.496 e. The Kier molecular flexibility index (Phi) is 6.28. The van der Waals surface area contributed by atoms with Crippen molar-refractivity contribution >= 4 is 10.8 Å². The SMILES string of the molecule is COc1cccc2ccc(OC/C=C(/C)CCC=C(C)C)cc12. The van der Waals surface area contributed by atoms with Crippen LogP contribution in [0.5, 0.6) is 11.5 Å². The van der Waals surface area contributed by atoms with Crippen molar-refractivity contribution in [1.29, 1.82) is 0 Å². The van der Waals surface area contributed by atoms with Crippen LogP contribution in [0.15, 0.2) is 59.7 Å². The van der Waals surface area contributed by atoms with Crippen molar-refractivity contribution in [3.63, 3.8) is 0 Å². The molecule has 0 atom stereocenters. The lowest BCUT2D eigenvalue weighted by Crippen LogP contribution is -1.95. The van der Waals surface area contributed by atoms with Crippen molar-refractivity contribution in [1.82, 2.24) is 0 Å². The van der Waals surface area contributed by atoms with Crippen LogP contribution in [0.3, 0.4) is 0 Å². The van der Waals surface area contributed by atoms with E-state index in [4.69, 9.17) is 9.47 Å². The number of methoxy groups -OCH3 is 1. The van der Waals surface area contributed by atoms with Gasteiger partial charge in [0.15, 0.2) is 0 Å². The molecule has 122 valence electrons. The summed E-state index contributed by atoms with van der Waals surface area (Å²) in [6.45, 7) is 7.03. The zero-order valence-corrected chi connectivity index (χ0v) is 14.6. The molecule has 0 saturated carbocycles. The zero-order valence-electron chi connectivity index (χ0n) is 14.6. The Bertz CT molecular complexity index is 707. The molecule has 0 aliphatic rings. The van der Waals surface area contributed by atoms with Crippen LogP contribution in [0.1, 0.15) is 33.6 Å². The van der Waals surface area contributed by atoms with E-state index >= 15 is 0 Å². The minimum atomic E-state index is 0.599. The Morgan fingerprint density at radius 2 is 1.87 bits per heavy atom. The molecule has 0 N–H and O–H groups in total. The van der Waals surface area contributed by atoms with Crippen molar-refractivity contribution in [2.24, 2.45) is 0 Å². The summed E-state index contributed by atoms with van der Waals surface area (Å²) in [6, 6.07) is 12.2. The molecule has 2 aromatic carbocycles. The number of allylic oxidation sites excluding steroid dienone is 3. The van der Waals surface area contributed by atoms with E-state index in [9.17, 15) is 0 Å². The first-order valence-electron chi connectivity index (χ1n) is 8.08. The Balaban J connectivity index is 1.98. The molecule has 0 heterocycles. The van der Waals surface area contributed by atoms with Crippen LogP contribution in [0.2, 0.25) is 0 Å². The molecule has 0 spiro atoms. The quantitative estimate of drug-likeness (QED) is 0.591. The van der Waals surface area contributed by atoms with Crippen molar-refractivity contribution in [3.05, 3.63) is 59.7 Å². The highest BCUT2D eigenvalue weighted by Gasteiger charge is 2.02. The van der Waals surface area contributed by atoms with E-state index in [0.29, 0.717) is 6.61 Å². The number of fused-ring (bicyclic) bond motifs is 1. The van der Waals surface area contributed by atoms with Gasteiger partial charge in [-0.2, -0.15) is 0 Å². The second-order valence-electron chi connectivity index (χ2n) is 6.02. The fourth-order valence-corrected chi connectivity index (χ4v) is 2.46. The minimum absolute atomic E-state index is 0.599. The van der Waals surface area contributed by atoms with Crippen LogP contribution in [-0.2, 0) is 0 Å². The molecule has 0 fully saturated rings. The monoisotopic (exact) mass is 310 g/mol. The summed E-state index contributed by atoms with van der Waals surface area (Å²) in [6.07, 6.45) is 6.61. The molecule has 0 aromatic heterocycles. The molecule has 0 aliphatic heterocycles. The van der Waals surface area contributed by atoms with Crippen LogP contribution in [-0.4, -0.2) is 13.7 Å². The molecule has 2 rings (SSSR count). The van der Waals surface area contributed by atoms with Gasteiger partial charge in [0.2, 0.25) is 0 Å². The molecular formula is C21H26O2. The smallest absolute Gasteiger partial charge is 0.126 e. The highest BCUT2D eigenvalue weighted by Crippen LogP contribution is 2.28. The lowest BCUT2D eigenvalue weighted by Gasteiger charge is -2.09. The number of hydrogen-bond donors (Lipinski definition) is 0. The van der Waals surface area contributed by atoms with Crippen molar-refractivity contribution in [3.8, 4) is 11.5 Å². The first-order valence-corrected chi connectivity index (χ1v) is 8.08. The third kappa shape index (κ3) is 5.17. The maximum atomic E-state index is 5.86. The Labute approximate surface area is 139 Å². The molecule has 0 amide bonds. The second-order valence-corrected chi connectivity index (χ2v) is 6.02. The molecule has 23 heavy (non-hydrogen) atoms. The largest absolute Gasteiger partial charge is 0.496 e. The summed E-state index contributed by atoms with van der Waals surface area (Å²) >= 11 is 0. The van der Waals surface area contributed by atoms with Gasteiger partial charge in [0.05, 0.1) is 7.11 Å². The van der Waals surface area contributed by atoms with Gasteiger partial charge in [-0.05, 0) is 63.3 Å². The van der Waals surface area contributed by atoms with Gasteiger partial charge in [-0.1, -0.05) is 35.4 Å². The Morgan fingerprint density at radius 1 is 1.04 bits per heavy atom. The fraction of sp³-hybridized carbons (Fsp3) is 0.333. The average molecular weight is 310 g/mol. The summed E-state index contributed by atoms with van der Waals surface area (Å²) in [5.41, 5.74) is 2.74. The molecular weight excluding hydrogens is 284 g/mol. The van der Waals surface area contributed by atoms with Gasteiger partial charge in [0.25, 0.3) is 0 Å². The summed E-state index contributed by atoms with van der Waals surface area (Å²) in [4.78, 5) is 0. The first kappa shape index (κ1) is 17.1. The highest BCUT2D eigenvalue weighted by atomic mass is 16.5. The van der Waals surface area contributed by atoms with E-state index < -0.39 is 0 Å². The van der Waals surface area contributed by atoms with Crippen LogP contribution in [0.4, 0.5) is 0 Å². The molecule has 0 bridgehead atoms. The number of hydrogen-bond acceptors (Lipinski definition) is 2. The van der Waals surface area contributed by atoms with E-state index in [-0.39, 0.29) is 0 Å². The van der Waals surface area contributed by atoms with Gasteiger partial charge < -0.3 is 9.47 Å². The summed E-state index contributed by atoms with van der Waals surface area (Å²) in [5, 5.41) is 2.24. The fourth-order valence-electron chi connectivity index (χ4n) is 2.46. The van der Waals surface area contributed by atoms with Gasteiger partial charge in [-0.25, -0.2) is 0 Å². The maximum absolute atomic E-state index is 5.86. The third-order valence-corrected chi connectivity index (χ3v) is 3.81. The lowest BCUT2D eigenvalue weighted by atomic mass is 10.1. The van der Waals surface area contributed by atoms with Gasteiger partial charge in [-0.3, -0.25) is 0 Å². The number of ether oxygens (including phenoxy) is 2. The standard InChI is InChI=1S/C21H26O2/c1-16(2)7-5-8-17(3)13-14-23-19-12-11-18-9-6-10-21(22-4)20(18)15-19/h6-7,9-13,15H,5,8,14H2,1-4H3/b17-13-. The van der Waals surface area contributed by atoms with Gasteiger partial charge >= 0.3 is 0 Å². The second kappa shape index (κ2) is 8.42. The first-order chi connectivity index (χ1) is 11.1. The number of benzene rings is 2. The van der Waals surface area contributed by atoms with Gasteiger partial charge in [-0.15, -0.1) is 0 Å². The lowest BCUT2D eigenvalue weighted by molar-refractivity contribution is 0.362. The molecule has 2 heteroatoms. The topological polar surface area (TPSA) is 18.5 Å². The zero-order chi connectivity index (χ0) is 16.7. The molecule has 2 aromatic rings. The Hall–Kier alpha value is -2.22. The van der Waals surface area contributed by atoms with Crippen LogP contribution < -0.4 is 9.47 Å². The predicted molar refractivity (Wildman–Crippen MR) is 98.4 cm³/mol. The highest BCUT2D eigenvalue weighted by molar-refractivity contribution is 5.89. The van der Waals surface area contributed by atoms with Gasteiger partial charge in [0, 0.05) is 5.39 Å². The van der Waals surface area contributed by atoms with Crippen molar-refractivity contribution < 1.29 is 9.47 Å². The average Bonchev–Trinajstić information content (AvgIpc) is 2.54. The third-order valence-electron chi connectivity index (χ3n) is 3.81. The normalized spacial score (nSPS) is 11.4. The molecule has 0 radical (unpaired) electrons. The van der Waals surface area contributed by atoms with E-state index in [1.54, 1.807) is 7.11 Å². The predicted octanol–water partition coefficient (Wildman–Crippen LogP) is 5.92. The van der Waals surface area contributed by atoms with Crippen LogP contribution in [0.25, 0.3) is 10.8 Å². The van der Waals surface area contributed by atoms with E-state index in [0.717, 1.165) is 35.1 Å². The molecule has 0 aliphatic carbocycles. The summed E-state index contributed by atoms with van der Waals surface area (Å²) in [5.74, 6) is 1.75. The van der Waals surface area contributed by atoms with Crippen LogP contribution in [0, 0.1) is 0 Å². The summed E-state index contributed by atoms with van der Waals surface area (Å²) in [7, 11) is 1.70. The van der Waals surface area contributed by atoms with Crippen LogP contribution >= 0.6 is 0 Å². The summed E-state index contributed by atoms with van der Waals surface area (Å²) < 4.78 is 11.3. The van der Waals surface area contributed by atoms with E-state index in [1.807, 2.05) is 24.3 Å².